The van der Waals surface area contributed by atoms with Crippen molar-refractivity contribution in [3.8, 4) is 34.3 Å². The third-order valence-electron chi connectivity index (χ3n) is 6.12. The van der Waals surface area contributed by atoms with Gasteiger partial charge in [-0.15, -0.1) is 0 Å². The molecule has 0 spiro atoms. The Hall–Kier alpha value is -5.14. The van der Waals surface area contributed by atoms with Crippen LogP contribution in [0.3, 0.4) is 0 Å². The van der Waals surface area contributed by atoms with Crippen LogP contribution in [0.2, 0.25) is 0 Å². The van der Waals surface area contributed by atoms with Gasteiger partial charge in [0.2, 0.25) is 0 Å². The summed E-state index contributed by atoms with van der Waals surface area (Å²) in [4.78, 5) is 13.0. The molecular formula is C33H25N3O. The molecule has 1 amide bonds. The predicted octanol–water partition coefficient (Wildman–Crippen LogP) is 7.03. The molecule has 37 heavy (non-hydrogen) atoms. The number of rotatable bonds is 7. The minimum absolute atomic E-state index is 0.0536. The second kappa shape index (κ2) is 11.1. The van der Waals surface area contributed by atoms with Crippen molar-refractivity contribution in [2.45, 2.75) is 6.54 Å². The molecule has 0 unspecified atom stereocenters. The maximum atomic E-state index is 13.0. The molecule has 0 aliphatic heterocycles. The Morgan fingerprint density at radius 2 is 1.30 bits per heavy atom. The Labute approximate surface area is 216 Å². The quantitative estimate of drug-likeness (QED) is 0.201. The van der Waals surface area contributed by atoms with Crippen LogP contribution < -0.4 is 5.32 Å². The molecule has 0 atom stereocenters. The number of nitrogens with zero attached hydrogens (tertiary/aromatic N) is 2. The predicted molar refractivity (Wildman–Crippen MR) is 149 cm³/mol. The third-order valence-corrected chi connectivity index (χ3v) is 6.12. The minimum Gasteiger partial charge on any atom is -0.347 e. The van der Waals surface area contributed by atoms with E-state index in [0.717, 1.165) is 39.3 Å². The van der Waals surface area contributed by atoms with E-state index in [1.807, 2.05) is 103 Å². The zero-order chi connectivity index (χ0) is 25.5. The topological polar surface area (TPSA) is 57.8 Å². The van der Waals surface area contributed by atoms with Gasteiger partial charge in [-0.05, 0) is 41.0 Å². The molecular weight excluding hydrogens is 454 g/mol. The Bertz CT molecular complexity index is 1560. The first kappa shape index (κ1) is 23.6. The fourth-order valence-electron chi connectivity index (χ4n) is 4.38. The van der Waals surface area contributed by atoms with Gasteiger partial charge in [0.15, 0.2) is 0 Å². The van der Waals surface area contributed by atoms with Crippen molar-refractivity contribution >= 4 is 12.0 Å². The van der Waals surface area contributed by atoms with Gasteiger partial charge < -0.3 is 9.88 Å². The zero-order valence-corrected chi connectivity index (χ0v) is 20.2. The number of para-hydroxylation sites is 1. The molecule has 0 fully saturated rings. The molecule has 178 valence electrons. The van der Waals surface area contributed by atoms with E-state index < -0.39 is 5.91 Å². The van der Waals surface area contributed by atoms with Gasteiger partial charge in [-0.3, -0.25) is 4.79 Å². The van der Waals surface area contributed by atoms with Gasteiger partial charge in [0.05, 0.1) is 11.4 Å². The summed E-state index contributed by atoms with van der Waals surface area (Å²) in [6.07, 6.45) is 1.69. The standard InChI is InChI=1S/C33H25N3O/c34-23-29(33(37)35-24-25-13-5-1-6-14-25)21-28-22-31(26-15-7-2-8-16-26)36(30-19-11-4-12-20-30)32(28)27-17-9-3-10-18-27/h1-22H,24H2,(H,35,37)/b29-21+. The van der Waals surface area contributed by atoms with Gasteiger partial charge in [0.1, 0.15) is 11.6 Å². The van der Waals surface area contributed by atoms with E-state index in [2.05, 4.69) is 40.2 Å². The van der Waals surface area contributed by atoms with Crippen molar-refractivity contribution in [3.63, 3.8) is 0 Å². The fraction of sp³-hybridized carbons (Fsp3) is 0.0303. The van der Waals surface area contributed by atoms with E-state index in [-0.39, 0.29) is 5.57 Å². The maximum Gasteiger partial charge on any atom is 0.262 e. The van der Waals surface area contributed by atoms with E-state index in [1.54, 1.807) is 6.08 Å². The summed E-state index contributed by atoms with van der Waals surface area (Å²) in [5.41, 5.74) is 6.72. The number of hydrogen-bond donors (Lipinski definition) is 1. The normalized spacial score (nSPS) is 11.1. The number of aromatic nitrogens is 1. The average Bonchev–Trinajstić information content (AvgIpc) is 3.35. The number of benzene rings is 4. The van der Waals surface area contributed by atoms with Gasteiger partial charge in [0.25, 0.3) is 5.91 Å². The summed E-state index contributed by atoms with van der Waals surface area (Å²) in [6.45, 7) is 0.352. The Balaban J connectivity index is 1.66. The highest BCUT2D eigenvalue weighted by Gasteiger charge is 2.20. The summed E-state index contributed by atoms with van der Waals surface area (Å²) in [5, 5.41) is 12.8. The van der Waals surface area contributed by atoms with Crippen molar-refractivity contribution in [2.24, 2.45) is 0 Å². The Kier molecular flexibility index (Phi) is 7.06. The molecule has 0 saturated carbocycles. The Morgan fingerprint density at radius 1 is 0.757 bits per heavy atom. The van der Waals surface area contributed by atoms with Gasteiger partial charge in [-0.2, -0.15) is 5.26 Å². The molecule has 1 aromatic heterocycles. The SMILES string of the molecule is N#C/C(=C\c1cc(-c2ccccc2)n(-c2ccccc2)c1-c1ccccc1)C(=O)NCc1ccccc1. The molecule has 4 nitrogen and oxygen atoms in total. The lowest BCUT2D eigenvalue weighted by molar-refractivity contribution is -0.117. The smallest absolute Gasteiger partial charge is 0.262 e. The molecule has 0 radical (unpaired) electrons. The first-order valence-corrected chi connectivity index (χ1v) is 12.1. The lowest BCUT2D eigenvalue weighted by atomic mass is 10.0. The monoisotopic (exact) mass is 479 g/mol. The lowest BCUT2D eigenvalue weighted by Gasteiger charge is -2.15. The van der Waals surface area contributed by atoms with E-state index >= 15 is 0 Å². The van der Waals surface area contributed by atoms with E-state index in [1.165, 1.54) is 0 Å². The van der Waals surface area contributed by atoms with Crippen LogP contribution in [-0.2, 0) is 11.3 Å². The molecule has 1 heterocycles. The molecule has 0 aliphatic carbocycles. The maximum absolute atomic E-state index is 13.0. The van der Waals surface area contributed by atoms with Crippen LogP contribution in [0.15, 0.2) is 133 Å². The first-order valence-electron chi connectivity index (χ1n) is 12.1. The number of carbonyl (C=O) groups is 1. The second-order valence-electron chi connectivity index (χ2n) is 8.57. The molecule has 0 aliphatic rings. The highest BCUT2D eigenvalue weighted by atomic mass is 16.1. The third kappa shape index (κ3) is 5.27. The molecule has 0 bridgehead atoms. The van der Waals surface area contributed by atoms with Crippen molar-refractivity contribution in [2.75, 3.05) is 0 Å². The van der Waals surface area contributed by atoms with Crippen LogP contribution in [0.25, 0.3) is 34.3 Å². The summed E-state index contributed by atoms with van der Waals surface area (Å²) in [5.74, 6) is -0.404. The lowest BCUT2D eigenvalue weighted by Crippen LogP contribution is -2.23. The summed E-state index contributed by atoms with van der Waals surface area (Å²) >= 11 is 0. The zero-order valence-electron chi connectivity index (χ0n) is 20.2. The number of nitrogens with one attached hydrogen (secondary N) is 1. The average molecular weight is 480 g/mol. The largest absolute Gasteiger partial charge is 0.347 e. The molecule has 1 N–H and O–H groups in total. The van der Waals surface area contributed by atoms with Crippen LogP contribution in [0, 0.1) is 11.3 Å². The highest BCUT2D eigenvalue weighted by molar-refractivity contribution is 6.02. The van der Waals surface area contributed by atoms with Gasteiger partial charge in [-0.25, -0.2) is 0 Å². The number of nitriles is 1. The van der Waals surface area contributed by atoms with Crippen LogP contribution in [0.5, 0.6) is 0 Å². The Morgan fingerprint density at radius 3 is 1.89 bits per heavy atom. The van der Waals surface area contributed by atoms with Crippen LogP contribution in [-0.4, -0.2) is 10.5 Å². The van der Waals surface area contributed by atoms with E-state index in [0.29, 0.717) is 6.54 Å². The first-order chi connectivity index (χ1) is 18.2. The van der Waals surface area contributed by atoms with Gasteiger partial charge in [0, 0.05) is 17.8 Å². The number of carbonyl (C=O) groups excluding carboxylic acids is 1. The molecule has 5 aromatic rings. The molecule has 4 aromatic carbocycles. The van der Waals surface area contributed by atoms with E-state index in [4.69, 9.17) is 0 Å². The summed E-state index contributed by atoms with van der Waals surface area (Å²) in [6, 6.07) is 44.1. The van der Waals surface area contributed by atoms with Crippen LogP contribution in [0.1, 0.15) is 11.1 Å². The van der Waals surface area contributed by atoms with Gasteiger partial charge in [-0.1, -0.05) is 109 Å². The molecule has 5 rings (SSSR count). The summed E-state index contributed by atoms with van der Waals surface area (Å²) in [7, 11) is 0. The van der Waals surface area contributed by atoms with Crippen LogP contribution in [0.4, 0.5) is 0 Å². The van der Waals surface area contributed by atoms with Crippen molar-refractivity contribution in [1.82, 2.24) is 9.88 Å². The fourth-order valence-corrected chi connectivity index (χ4v) is 4.38. The number of amides is 1. The van der Waals surface area contributed by atoms with Crippen molar-refractivity contribution < 1.29 is 4.79 Å². The molecule has 4 heteroatoms. The van der Waals surface area contributed by atoms with E-state index in [9.17, 15) is 10.1 Å². The van der Waals surface area contributed by atoms with Crippen molar-refractivity contribution in [1.29, 1.82) is 5.26 Å². The van der Waals surface area contributed by atoms with Crippen molar-refractivity contribution in [3.05, 3.63) is 144 Å². The van der Waals surface area contributed by atoms with Crippen LogP contribution >= 0.6 is 0 Å². The minimum atomic E-state index is -0.404. The second-order valence-corrected chi connectivity index (χ2v) is 8.57. The summed E-state index contributed by atoms with van der Waals surface area (Å²) < 4.78 is 2.19. The highest BCUT2D eigenvalue weighted by Crippen LogP contribution is 2.37. The van der Waals surface area contributed by atoms with Gasteiger partial charge >= 0.3 is 0 Å². The number of hydrogen-bond acceptors (Lipinski definition) is 2. The molecule has 0 saturated heterocycles.